The van der Waals surface area contributed by atoms with Crippen molar-refractivity contribution in [2.75, 3.05) is 33.5 Å². The van der Waals surface area contributed by atoms with E-state index in [1.165, 1.54) is 13.3 Å². The number of hydrazone groups is 1. The molecule has 12 nitrogen and oxygen atoms in total. The minimum atomic E-state index is -1.14. The van der Waals surface area contributed by atoms with Crippen LogP contribution in [0.1, 0.15) is 44.9 Å². The number of nitrogens with one attached hydrogen (secondary N) is 3. The number of ether oxygens (including phenoxy) is 5. The fraction of sp³-hybridized carbons (Fsp3) is 0.393. The quantitative estimate of drug-likeness (QED) is 0.119. The number of urea groups is 1. The van der Waals surface area contributed by atoms with Crippen molar-refractivity contribution in [1.29, 1.82) is 0 Å². The van der Waals surface area contributed by atoms with Gasteiger partial charge < -0.3 is 39.4 Å². The molecule has 0 aromatic heterocycles. The molecule has 40 heavy (non-hydrogen) atoms. The molecule has 12 heteroatoms. The first-order valence-electron chi connectivity index (χ1n) is 12.9. The molecule has 2 aromatic carbocycles. The molecule has 1 aliphatic heterocycles. The highest BCUT2D eigenvalue weighted by Gasteiger charge is 2.32. The number of esters is 1. The van der Waals surface area contributed by atoms with E-state index in [0.717, 1.165) is 0 Å². The third-order valence-corrected chi connectivity index (χ3v) is 5.70. The Morgan fingerprint density at radius 1 is 1.02 bits per heavy atom. The zero-order chi connectivity index (χ0) is 29.1. The first-order valence-corrected chi connectivity index (χ1v) is 12.9. The van der Waals surface area contributed by atoms with E-state index in [9.17, 15) is 14.7 Å². The number of nitrogens with zero attached hydrogens (tertiary/aromatic N) is 1. The van der Waals surface area contributed by atoms with E-state index in [2.05, 4.69) is 21.2 Å². The molecule has 1 aliphatic rings. The van der Waals surface area contributed by atoms with Crippen molar-refractivity contribution >= 4 is 18.2 Å². The van der Waals surface area contributed by atoms with E-state index in [4.69, 9.17) is 23.7 Å². The molecule has 0 unspecified atom stereocenters. The number of aliphatic hydroxyl groups is 1. The number of benzene rings is 2. The van der Waals surface area contributed by atoms with Crippen LogP contribution in [0.15, 0.2) is 52.8 Å². The Morgan fingerprint density at radius 2 is 1.75 bits per heavy atom. The topological polar surface area (TPSA) is 149 Å². The Balaban J connectivity index is 1.69. The van der Waals surface area contributed by atoms with Crippen LogP contribution in [0.5, 0.6) is 23.0 Å². The minimum absolute atomic E-state index is 0.144. The van der Waals surface area contributed by atoms with Gasteiger partial charge in [0, 0.05) is 17.3 Å². The third-order valence-electron chi connectivity index (χ3n) is 5.70. The number of allylic oxidation sites excluding steroid dienone is 1. The molecular weight excluding hydrogens is 520 g/mol. The van der Waals surface area contributed by atoms with Gasteiger partial charge in [-0.3, -0.25) is 5.43 Å². The number of methoxy groups -OCH3 is 1. The Labute approximate surface area is 233 Å². The van der Waals surface area contributed by atoms with Gasteiger partial charge in [0.15, 0.2) is 17.7 Å². The van der Waals surface area contributed by atoms with Crippen molar-refractivity contribution in [3.8, 4) is 23.0 Å². The van der Waals surface area contributed by atoms with Gasteiger partial charge in [0.05, 0.1) is 44.8 Å². The fourth-order valence-electron chi connectivity index (χ4n) is 3.97. The maximum atomic E-state index is 12.4. The minimum Gasteiger partial charge on any atom is -0.494 e. The molecule has 0 saturated carbocycles. The first kappa shape index (κ1) is 30.1. The van der Waals surface area contributed by atoms with E-state index in [0.29, 0.717) is 59.6 Å². The summed E-state index contributed by atoms with van der Waals surface area (Å²) in [6.07, 6.45) is 0.398. The van der Waals surface area contributed by atoms with Crippen LogP contribution in [0.25, 0.3) is 0 Å². The van der Waals surface area contributed by atoms with E-state index in [-0.39, 0.29) is 12.2 Å². The summed E-state index contributed by atoms with van der Waals surface area (Å²) >= 11 is 0. The van der Waals surface area contributed by atoms with Gasteiger partial charge in [-0.1, -0.05) is 6.07 Å². The second-order valence-corrected chi connectivity index (χ2v) is 8.48. The van der Waals surface area contributed by atoms with Crippen LogP contribution in [0.3, 0.4) is 0 Å². The number of carbonyl (C=O) groups excluding carboxylic acids is 2. The summed E-state index contributed by atoms with van der Waals surface area (Å²) < 4.78 is 27.6. The van der Waals surface area contributed by atoms with Gasteiger partial charge in [0.1, 0.15) is 18.1 Å². The standard InChI is InChI=1S/C28H36N4O8/c1-6-37-20-11-9-19(22(14-20)38-7-2)15-29-32-24(33)16-40-21-12-10-18(13-23(21)39-8-3)26-25(27(34)36-5)17(4)30-28(35)31-26/h9-15,24,26,32-33H,6-8,16H2,1-5H3,(H2,30,31,35)/b29-15-/t24-,26+/m0/s1. The molecule has 2 amide bonds. The molecule has 2 aromatic rings. The van der Waals surface area contributed by atoms with E-state index >= 15 is 0 Å². The molecule has 3 rings (SSSR count). The summed E-state index contributed by atoms with van der Waals surface area (Å²) in [5.41, 5.74) is 4.59. The van der Waals surface area contributed by atoms with Crippen LogP contribution in [-0.2, 0) is 9.53 Å². The SMILES string of the molecule is CCOc1ccc(/C=N\N[C@@H](O)COc2ccc([C@H]3NC(=O)NC(C)=C3C(=O)OC)cc2OCC)c(OCC)c1. The largest absolute Gasteiger partial charge is 0.494 e. The number of rotatable bonds is 14. The van der Waals surface area contributed by atoms with Crippen molar-refractivity contribution in [3.63, 3.8) is 0 Å². The lowest BCUT2D eigenvalue weighted by Gasteiger charge is -2.28. The van der Waals surface area contributed by atoms with Gasteiger partial charge in [-0.15, -0.1) is 0 Å². The summed E-state index contributed by atoms with van der Waals surface area (Å²) in [6.45, 7) is 8.45. The highest BCUT2D eigenvalue weighted by atomic mass is 16.5. The average molecular weight is 557 g/mol. The van der Waals surface area contributed by atoms with Crippen molar-refractivity contribution in [3.05, 3.63) is 58.8 Å². The number of carbonyl (C=O) groups is 2. The second-order valence-electron chi connectivity index (χ2n) is 8.48. The molecule has 216 valence electrons. The van der Waals surface area contributed by atoms with Gasteiger partial charge in [-0.05, 0) is 57.5 Å². The molecule has 0 radical (unpaired) electrons. The average Bonchev–Trinajstić information content (AvgIpc) is 2.93. The monoisotopic (exact) mass is 556 g/mol. The summed E-state index contributed by atoms with van der Waals surface area (Å²) in [7, 11) is 1.28. The van der Waals surface area contributed by atoms with Gasteiger partial charge in [0.2, 0.25) is 0 Å². The summed E-state index contributed by atoms with van der Waals surface area (Å²) in [6, 6.07) is 9.23. The lowest BCUT2D eigenvalue weighted by Crippen LogP contribution is -2.45. The zero-order valence-corrected chi connectivity index (χ0v) is 23.3. The van der Waals surface area contributed by atoms with E-state index < -0.39 is 24.3 Å². The molecule has 1 heterocycles. The number of aliphatic hydroxyl groups excluding tert-OH is 1. The Hall–Kier alpha value is -4.45. The van der Waals surface area contributed by atoms with Crippen molar-refractivity contribution in [2.24, 2.45) is 5.10 Å². The van der Waals surface area contributed by atoms with Crippen LogP contribution < -0.4 is 35.0 Å². The summed E-state index contributed by atoms with van der Waals surface area (Å²) in [4.78, 5) is 24.5. The van der Waals surface area contributed by atoms with Gasteiger partial charge >= 0.3 is 12.0 Å². The van der Waals surface area contributed by atoms with Gasteiger partial charge in [0.25, 0.3) is 0 Å². The second kappa shape index (κ2) is 14.6. The predicted octanol–water partition coefficient (Wildman–Crippen LogP) is 3.00. The van der Waals surface area contributed by atoms with Crippen LogP contribution in [0, 0.1) is 0 Å². The molecule has 2 atom stereocenters. The highest BCUT2D eigenvalue weighted by molar-refractivity contribution is 5.95. The molecule has 0 bridgehead atoms. The Morgan fingerprint density at radius 3 is 2.45 bits per heavy atom. The molecule has 0 fully saturated rings. The summed E-state index contributed by atoms with van der Waals surface area (Å²) in [5.74, 6) is 1.47. The molecule has 0 aliphatic carbocycles. The van der Waals surface area contributed by atoms with Crippen molar-refractivity contribution in [1.82, 2.24) is 16.1 Å². The van der Waals surface area contributed by atoms with Crippen LogP contribution in [-0.4, -0.2) is 63.1 Å². The van der Waals surface area contributed by atoms with Gasteiger partial charge in [-0.2, -0.15) is 5.10 Å². The smallest absolute Gasteiger partial charge is 0.337 e. The lowest BCUT2D eigenvalue weighted by molar-refractivity contribution is -0.136. The zero-order valence-electron chi connectivity index (χ0n) is 23.3. The predicted molar refractivity (Wildman–Crippen MR) is 148 cm³/mol. The van der Waals surface area contributed by atoms with Crippen LogP contribution in [0.4, 0.5) is 4.79 Å². The van der Waals surface area contributed by atoms with Crippen LogP contribution >= 0.6 is 0 Å². The molecule has 0 spiro atoms. The normalized spacial score (nSPS) is 15.7. The molecule has 0 saturated heterocycles. The number of hydrogen-bond donors (Lipinski definition) is 4. The summed E-state index contributed by atoms with van der Waals surface area (Å²) in [5, 5.41) is 19.8. The maximum Gasteiger partial charge on any atom is 0.337 e. The Kier molecular flexibility index (Phi) is 11.0. The number of hydrogen-bond acceptors (Lipinski definition) is 10. The number of amides is 2. The molecule has 4 N–H and O–H groups in total. The maximum absolute atomic E-state index is 12.4. The Bertz CT molecular complexity index is 1250. The van der Waals surface area contributed by atoms with E-state index in [1.54, 1.807) is 31.2 Å². The first-order chi connectivity index (χ1) is 19.3. The molecular formula is C28H36N4O8. The van der Waals surface area contributed by atoms with E-state index in [1.807, 2.05) is 32.9 Å². The van der Waals surface area contributed by atoms with Gasteiger partial charge in [-0.25, -0.2) is 9.59 Å². The third kappa shape index (κ3) is 7.79. The van der Waals surface area contributed by atoms with Crippen molar-refractivity contribution < 1.29 is 38.4 Å². The van der Waals surface area contributed by atoms with Crippen LogP contribution in [0.2, 0.25) is 0 Å². The lowest BCUT2D eigenvalue weighted by atomic mass is 9.95. The fourth-order valence-corrected chi connectivity index (χ4v) is 3.97. The highest BCUT2D eigenvalue weighted by Crippen LogP contribution is 2.35. The van der Waals surface area contributed by atoms with Crippen molar-refractivity contribution in [2.45, 2.75) is 40.0 Å².